The van der Waals surface area contributed by atoms with Gasteiger partial charge in [-0.25, -0.2) is 8.42 Å². The third kappa shape index (κ3) is 5.26. The van der Waals surface area contributed by atoms with Crippen LogP contribution in [0.25, 0.3) is 10.6 Å². The van der Waals surface area contributed by atoms with Crippen LogP contribution in [0.5, 0.6) is 0 Å². The predicted octanol–water partition coefficient (Wildman–Crippen LogP) is 3.46. The molecule has 1 heterocycles. The number of anilines is 1. The summed E-state index contributed by atoms with van der Waals surface area (Å²) in [6.07, 6.45) is 0. The van der Waals surface area contributed by atoms with Crippen molar-refractivity contribution in [2.75, 3.05) is 5.32 Å². The van der Waals surface area contributed by atoms with Crippen LogP contribution < -0.4 is 10.0 Å². The minimum Gasteiger partial charge on any atom is -0.299 e. The number of rotatable bonds is 7. The van der Waals surface area contributed by atoms with Crippen LogP contribution in [0.3, 0.4) is 0 Å². The molecule has 2 aromatic carbocycles. The monoisotopic (exact) mass is 430 g/mol. The molecule has 1 atom stereocenters. The molecular formula is C20H22N4O3S2. The first-order valence-corrected chi connectivity index (χ1v) is 11.3. The van der Waals surface area contributed by atoms with Gasteiger partial charge in [-0.1, -0.05) is 73.2 Å². The summed E-state index contributed by atoms with van der Waals surface area (Å²) < 4.78 is 27.9. The molecule has 0 bridgehead atoms. The number of amides is 1. The molecule has 2 N–H and O–H groups in total. The van der Waals surface area contributed by atoms with Gasteiger partial charge in [0.15, 0.2) is 0 Å². The summed E-state index contributed by atoms with van der Waals surface area (Å²) in [7, 11) is -3.84. The number of aryl methyl sites for hydroxylation is 1. The Kier molecular flexibility index (Phi) is 6.41. The van der Waals surface area contributed by atoms with Crippen molar-refractivity contribution in [1.82, 2.24) is 14.9 Å². The summed E-state index contributed by atoms with van der Waals surface area (Å²) in [5, 5.41) is 11.7. The third-order valence-corrected chi connectivity index (χ3v) is 6.58. The highest BCUT2D eigenvalue weighted by Crippen LogP contribution is 2.26. The van der Waals surface area contributed by atoms with Gasteiger partial charge >= 0.3 is 0 Å². The van der Waals surface area contributed by atoms with Gasteiger partial charge in [0.25, 0.3) is 0 Å². The number of hydrogen-bond acceptors (Lipinski definition) is 6. The molecule has 3 aromatic rings. The van der Waals surface area contributed by atoms with Crippen LogP contribution in [0, 0.1) is 12.8 Å². The van der Waals surface area contributed by atoms with Crippen LogP contribution in [-0.4, -0.2) is 30.6 Å². The fourth-order valence-electron chi connectivity index (χ4n) is 2.60. The second-order valence-electron chi connectivity index (χ2n) is 6.92. The number of hydrogen-bond donors (Lipinski definition) is 2. The highest BCUT2D eigenvalue weighted by molar-refractivity contribution is 7.89. The van der Waals surface area contributed by atoms with Gasteiger partial charge in [0.1, 0.15) is 11.0 Å². The van der Waals surface area contributed by atoms with Crippen LogP contribution in [0.2, 0.25) is 0 Å². The molecular weight excluding hydrogens is 408 g/mol. The molecule has 1 amide bonds. The van der Waals surface area contributed by atoms with Crippen molar-refractivity contribution >= 4 is 32.4 Å². The van der Waals surface area contributed by atoms with Crippen molar-refractivity contribution in [2.24, 2.45) is 5.92 Å². The Labute approximate surface area is 174 Å². The molecule has 0 spiro atoms. The van der Waals surface area contributed by atoms with E-state index in [0.717, 1.165) is 11.1 Å². The molecule has 9 heteroatoms. The average molecular weight is 431 g/mol. The van der Waals surface area contributed by atoms with Gasteiger partial charge in [-0.3, -0.25) is 10.1 Å². The van der Waals surface area contributed by atoms with Crippen LogP contribution in [0.4, 0.5) is 5.13 Å². The van der Waals surface area contributed by atoms with Crippen molar-refractivity contribution < 1.29 is 13.2 Å². The first-order valence-electron chi connectivity index (χ1n) is 9.05. The highest BCUT2D eigenvalue weighted by atomic mass is 32.2. The first kappa shape index (κ1) is 21.1. The normalized spacial score (nSPS) is 12.7. The lowest BCUT2D eigenvalue weighted by atomic mass is 10.1. The van der Waals surface area contributed by atoms with Crippen molar-refractivity contribution in [1.29, 1.82) is 0 Å². The van der Waals surface area contributed by atoms with Gasteiger partial charge < -0.3 is 0 Å². The summed E-state index contributed by atoms with van der Waals surface area (Å²) in [4.78, 5) is 12.9. The second-order valence-corrected chi connectivity index (χ2v) is 9.62. The van der Waals surface area contributed by atoms with E-state index in [4.69, 9.17) is 0 Å². The SMILES string of the molecule is Cc1ccc(S(=O)(=O)NC(C(=O)Nc2nnc(-c3ccccc3)s2)C(C)C)cc1. The summed E-state index contributed by atoms with van der Waals surface area (Å²) in [5.74, 6) is -0.747. The van der Waals surface area contributed by atoms with Crippen LogP contribution in [-0.2, 0) is 14.8 Å². The fourth-order valence-corrected chi connectivity index (χ4v) is 4.70. The fraction of sp³-hybridized carbons (Fsp3) is 0.250. The summed E-state index contributed by atoms with van der Waals surface area (Å²) >= 11 is 1.23. The molecule has 0 aliphatic rings. The number of carbonyl (C=O) groups excluding carboxylic acids is 1. The molecule has 0 aliphatic heterocycles. The largest absolute Gasteiger partial charge is 0.299 e. The number of nitrogens with zero attached hydrogens (tertiary/aromatic N) is 2. The van der Waals surface area contributed by atoms with Crippen molar-refractivity contribution in [3.8, 4) is 10.6 Å². The van der Waals surface area contributed by atoms with E-state index in [1.54, 1.807) is 26.0 Å². The van der Waals surface area contributed by atoms with Crippen LogP contribution in [0.1, 0.15) is 19.4 Å². The second kappa shape index (κ2) is 8.81. The minimum atomic E-state index is -3.84. The van der Waals surface area contributed by atoms with E-state index < -0.39 is 22.0 Å². The molecule has 0 saturated carbocycles. The summed E-state index contributed by atoms with van der Waals surface area (Å²) in [5.41, 5.74) is 1.85. The maximum absolute atomic E-state index is 12.8. The smallest absolute Gasteiger partial charge is 0.244 e. The Morgan fingerprint density at radius 2 is 1.66 bits per heavy atom. The Morgan fingerprint density at radius 3 is 2.28 bits per heavy atom. The van der Waals surface area contributed by atoms with Gasteiger partial charge in [-0.15, -0.1) is 10.2 Å². The predicted molar refractivity (Wildman–Crippen MR) is 114 cm³/mol. The maximum Gasteiger partial charge on any atom is 0.244 e. The summed E-state index contributed by atoms with van der Waals surface area (Å²) in [6.45, 7) is 5.43. The zero-order chi connectivity index (χ0) is 21.0. The quantitative estimate of drug-likeness (QED) is 0.598. The van der Waals surface area contributed by atoms with E-state index in [0.29, 0.717) is 10.1 Å². The number of aromatic nitrogens is 2. The molecule has 3 rings (SSSR count). The van der Waals surface area contributed by atoms with E-state index in [1.165, 1.54) is 23.5 Å². The molecule has 0 saturated heterocycles. The molecule has 7 nitrogen and oxygen atoms in total. The van der Waals surface area contributed by atoms with Gasteiger partial charge in [0.2, 0.25) is 21.1 Å². The van der Waals surface area contributed by atoms with Gasteiger partial charge in [0, 0.05) is 5.56 Å². The van der Waals surface area contributed by atoms with E-state index in [-0.39, 0.29) is 10.8 Å². The third-order valence-electron chi connectivity index (χ3n) is 4.24. The average Bonchev–Trinajstić information content (AvgIpc) is 3.15. The molecule has 0 radical (unpaired) electrons. The Morgan fingerprint density at radius 1 is 1.00 bits per heavy atom. The Bertz CT molecular complexity index is 1080. The van der Waals surface area contributed by atoms with E-state index in [1.807, 2.05) is 37.3 Å². The number of sulfonamides is 1. The topological polar surface area (TPSA) is 101 Å². The molecule has 0 fully saturated rings. The van der Waals surface area contributed by atoms with Gasteiger partial charge in [0.05, 0.1) is 4.90 Å². The number of nitrogens with one attached hydrogen (secondary N) is 2. The Balaban J connectivity index is 1.75. The molecule has 1 unspecified atom stereocenters. The molecule has 1 aromatic heterocycles. The maximum atomic E-state index is 12.8. The minimum absolute atomic E-state index is 0.115. The summed E-state index contributed by atoms with van der Waals surface area (Å²) in [6, 6.07) is 15.0. The lowest BCUT2D eigenvalue weighted by molar-refractivity contribution is -0.118. The van der Waals surface area contributed by atoms with E-state index in [2.05, 4.69) is 20.2 Å². The van der Waals surface area contributed by atoms with Crippen molar-refractivity contribution in [3.05, 3.63) is 60.2 Å². The zero-order valence-electron chi connectivity index (χ0n) is 16.3. The van der Waals surface area contributed by atoms with Gasteiger partial charge in [-0.05, 0) is 25.0 Å². The Hall–Kier alpha value is -2.62. The van der Waals surface area contributed by atoms with E-state index >= 15 is 0 Å². The van der Waals surface area contributed by atoms with Gasteiger partial charge in [-0.2, -0.15) is 4.72 Å². The van der Waals surface area contributed by atoms with Crippen molar-refractivity contribution in [2.45, 2.75) is 31.7 Å². The van der Waals surface area contributed by atoms with Crippen LogP contribution >= 0.6 is 11.3 Å². The molecule has 152 valence electrons. The standard InChI is InChI=1S/C20H22N4O3S2/c1-13(2)17(24-29(26,27)16-11-9-14(3)10-12-16)18(25)21-20-23-22-19(28-20)15-7-5-4-6-8-15/h4-13,17,24H,1-3H3,(H,21,23,25). The van der Waals surface area contributed by atoms with E-state index in [9.17, 15) is 13.2 Å². The number of benzene rings is 2. The molecule has 0 aliphatic carbocycles. The number of carbonyl (C=O) groups is 1. The molecule has 29 heavy (non-hydrogen) atoms. The first-order chi connectivity index (χ1) is 13.8. The van der Waals surface area contributed by atoms with Crippen LogP contribution in [0.15, 0.2) is 59.5 Å². The lowest BCUT2D eigenvalue weighted by Crippen LogP contribution is -2.47. The zero-order valence-corrected chi connectivity index (χ0v) is 17.9. The van der Waals surface area contributed by atoms with Crippen molar-refractivity contribution in [3.63, 3.8) is 0 Å². The lowest BCUT2D eigenvalue weighted by Gasteiger charge is -2.21. The highest BCUT2D eigenvalue weighted by Gasteiger charge is 2.29.